The lowest BCUT2D eigenvalue weighted by atomic mass is 10.3. The van der Waals surface area contributed by atoms with Gasteiger partial charge in [-0.25, -0.2) is 13.6 Å². The summed E-state index contributed by atoms with van der Waals surface area (Å²) in [6, 6.07) is 3.64. The van der Waals surface area contributed by atoms with Crippen LogP contribution in [0.25, 0.3) is 0 Å². The number of benzene rings is 1. The lowest BCUT2D eigenvalue weighted by Crippen LogP contribution is -2.12. The number of alkyl halides is 1. The lowest BCUT2D eigenvalue weighted by Gasteiger charge is -2.10. The molecule has 6 nitrogen and oxygen atoms in total. The zero-order chi connectivity index (χ0) is 14.6. The van der Waals surface area contributed by atoms with E-state index in [1.807, 2.05) is 6.92 Å². The maximum Gasteiger partial charge on any atom is 0.284 e. The van der Waals surface area contributed by atoms with Crippen LogP contribution in [-0.2, 0) is 10.0 Å². The van der Waals surface area contributed by atoms with Crippen molar-refractivity contribution in [2.45, 2.75) is 28.4 Å². The molecular weight excluding hydrogens is 312 g/mol. The molecule has 2 N–H and O–H groups in total. The Bertz CT molecular complexity index is 577. The van der Waals surface area contributed by atoms with Crippen LogP contribution in [0.2, 0.25) is 0 Å². The van der Waals surface area contributed by atoms with Gasteiger partial charge in [-0.1, -0.05) is 6.92 Å². The van der Waals surface area contributed by atoms with Crippen molar-refractivity contribution in [3.63, 3.8) is 0 Å². The largest absolute Gasteiger partial charge is 0.284 e. The fourth-order valence-electron chi connectivity index (χ4n) is 1.35. The number of sulfonamides is 1. The molecule has 0 aliphatic heterocycles. The second-order valence-corrected chi connectivity index (χ2v) is 7.26. The van der Waals surface area contributed by atoms with Gasteiger partial charge in [0.2, 0.25) is 10.0 Å². The molecule has 1 atom stereocenters. The molecule has 19 heavy (non-hydrogen) atoms. The van der Waals surface area contributed by atoms with Crippen LogP contribution >= 0.6 is 23.4 Å². The summed E-state index contributed by atoms with van der Waals surface area (Å²) in [4.78, 5) is 10.5. The van der Waals surface area contributed by atoms with Crippen molar-refractivity contribution in [1.29, 1.82) is 0 Å². The smallest absolute Gasteiger partial charge is 0.258 e. The highest BCUT2D eigenvalue weighted by molar-refractivity contribution is 8.00. The van der Waals surface area contributed by atoms with Crippen LogP contribution in [0.4, 0.5) is 5.69 Å². The Morgan fingerprint density at radius 3 is 2.63 bits per heavy atom. The molecule has 0 aliphatic rings. The normalized spacial score (nSPS) is 13.2. The number of nitrogens with zero attached hydrogens (tertiary/aromatic N) is 1. The van der Waals surface area contributed by atoms with E-state index in [2.05, 4.69) is 0 Å². The summed E-state index contributed by atoms with van der Waals surface area (Å²) in [5.74, 6) is 0.456. The van der Waals surface area contributed by atoms with E-state index in [1.165, 1.54) is 23.9 Å². The van der Waals surface area contributed by atoms with Crippen molar-refractivity contribution in [3.8, 4) is 0 Å². The molecule has 1 rings (SSSR count). The number of hydrogen-bond donors (Lipinski definition) is 1. The van der Waals surface area contributed by atoms with E-state index in [-0.39, 0.29) is 15.8 Å². The van der Waals surface area contributed by atoms with Gasteiger partial charge < -0.3 is 0 Å². The van der Waals surface area contributed by atoms with E-state index in [0.717, 1.165) is 6.07 Å². The highest BCUT2D eigenvalue weighted by Crippen LogP contribution is 2.34. The van der Waals surface area contributed by atoms with Crippen molar-refractivity contribution in [1.82, 2.24) is 0 Å². The molecule has 106 valence electrons. The van der Waals surface area contributed by atoms with E-state index < -0.39 is 14.9 Å². The Kier molecular flexibility index (Phi) is 5.60. The quantitative estimate of drug-likeness (QED) is 0.374. The van der Waals surface area contributed by atoms with Crippen molar-refractivity contribution in [2.75, 3.05) is 5.88 Å². The molecule has 9 heteroatoms. The van der Waals surface area contributed by atoms with Crippen molar-refractivity contribution in [3.05, 3.63) is 28.3 Å². The number of hydrogen-bond acceptors (Lipinski definition) is 5. The Hall–Kier alpha value is -0.830. The van der Waals surface area contributed by atoms with Crippen LogP contribution in [-0.4, -0.2) is 24.5 Å². The Balaban J connectivity index is 3.16. The molecule has 1 aromatic rings. The molecule has 0 aromatic heterocycles. The summed E-state index contributed by atoms with van der Waals surface area (Å²) in [6.07, 6.45) is 0.695. The van der Waals surface area contributed by atoms with Crippen molar-refractivity contribution >= 4 is 39.1 Å². The number of rotatable bonds is 6. The summed E-state index contributed by atoms with van der Waals surface area (Å²) >= 11 is 6.89. The van der Waals surface area contributed by atoms with Gasteiger partial charge >= 0.3 is 0 Å². The number of nitro groups is 1. The summed E-state index contributed by atoms with van der Waals surface area (Å²) in [5, 5.41) is 16.0. The van der Waals surface area contributed by atoms with E-state index >= 15 is 0 Å². The zero-order valence-electron chi connectivity index (χ0n) is 10.1. The summed E-state index contributed by atoms with van der Waals surface area (Å²) in [6.45, 7) is 1.89. The second-order valence-electron chi connectivity index (χ2n) is 3.84. The van der Waals surface area contributed by atoms with Crippen molar-refractivity contribution < 1.29 is 13.3 Å². The van der Waals surface area contributed by atoms with Crippen LogP contribution in [0.1, 0.15) is 13.3 Å². The first kappa shape index (κ1) is 16.2. The molecule has 0 amide bonds. The van der Waals surface area contributed by atoms with E-state index in [0.29, 0.717) is 17.2 Å². The molecule has 0 spiro atoms. The number of thioether (sulfide) groups is 1. The molecule has 1 aromatic carbocycles. The fourth-order valence-corrected chi connectivity index (χ4v) is 3.41. The molecule has 0 fully saturated rings. The zero-order valence-corrected chi connectivity index (χ0v) is 12.5. The maximum absolute atomic E-state index is 11.2. The van der Waals surface area contributed by atoms with E-state index in [9.17, 15) is 18.5 Å². The van der Waals surface area contributed by atoms with Gasteiger partial charge in [0.05, 0.1) is 14.7 Å². The third-order valence-corrected chi connectivity index (χ3v) is 4.67. The van der Waals surface area contributed by atoms with Gasteiger partial charge in [0.25, 0.3) is 5.69 Å². The number of primary sulfonamides is 1. The Morgan fingerprint density at radius 1 is 1.53 bits per heavy atom. The number of nitrogens with two attached hydrogens (primary N) is 1. The molecule has 0 saturated carbocycles. The van der Waals surface area contributed by atoms with Crippen molar-refractivity contribution in [2.24, 2.45) is 5.14 Å². The average molecular weight is 325 g/mol. The third-order valence-electron chi connectivity index (χ3n) is 2.30. The summed E-state index contributed by atoms with van der Waals surface area (Å²) in [7, 11) is -3.95. The molecule has 0 heterocycles. The minimum absolute atomic E-state index is 0.0940. The van der Waals surface area contributed by atoms with Crippen LogP contribution in [0, 0.1) is 10.1 Å². The minimum atomic E-state index is -3.95. The first-order chi connectivity index (χ1) is 8.75. The first-order valence-electron chi connectivity index (χ1n) is 5.29. The fraction of sp³-hybridized carbons (Fsp3) is 0.400. The van der Waals surface area contributed by atoms with E-state index in [1.54, 1.807) is 0 Å². The van der Waals surface area contributed by atoms with Gasteiger partial charge in [-0.2, -0.15) is 0 Å². The van der Waals surface area contributed by atoms with E-state index in [4.69, 9.17) is 16.7 Å². The third kappa shape index (κ3) is 4.64. The van der Waals surface area contributed by atoms with Gasteiger partial charge in [-0.15, -0.1) is 23.4 Å². The molecular formula is C10H13ClN2O4S2. The lowest BCUT2D eigenvalue weighted by molar-refractivity contribution is -0.388. The van der Waals surface area contributed by atoms with Gasteiger partial charge in [-0.3, -0.25) is 10.1 Å². The standard InChI is InChI=1S/C10H13ClN2O4S2/c1-7(4-5-11)18-10-3-2-8(19(12,16)17)6-9(10)13(14)15/h2-3,6-7H,4-5H2,1H3,(H2,12,16,17). The molecule has 1 unspecified atom stereocenters. The minimum Gasteiger partial charge on any atom is -0.258 e. The number of nitro benzene ring substituents is 1. The maximum atomic E-state index is 11.2. The monoisotopic (exact) mass is 324 g/mol. The van der Waals surface area contributed by atoms with Crippen LogP contribution in [0.15, 0.2) is 28.0 Å². The molecule has 0 bridgehead atoms. The molecule has 0 saturated heterocycles. The number of halogens is 1. The van der Waals surface area contributed by atoms with Gasteiger partial charge in [-0.05, 0) is 18.6 Å². The van der Waals surface area contributed by atoms with Crippen LogP contribution < -0.4 is 5.14 Å². The second kappa shape index (κ2) is 6.56. The Morgan fingerprint density at radius 2 is 2.16 bits per heavy atom. The molecule has 0 radical (unpaired) electrons. The molecule has 0 aliphatic carbocycles. The van der Waals surface area contributed by atoms with Crippen LogP contribution in [0.3, 0.4) is 0 Å². The highest BCUT2D eigenvalue weighted by atomic mass is 35.5. The summed E-state index contributed by atoms with van der Waals surface area (Å²) in [5.41, 5.74) is -0.266. The van der Waals surface area contributed by atoms with Gasteiger partial charge in [0.15, 0.2) is 0 Å². The predicted molar refractivity (Wildman–Crippen MR) is 75.1 cm³/mol. The first-order valence-corrected chi connectivity index (χ1v) is 8.25. The average Bonchev–Trinajstić information content (AvgIpc) is 2.27. The topological polar surface area (TPSA) is 103 Å². The highest BCUT2D eigenvalue weighted by Gasteiger charge is 2.20. The van der Waals surface area contributed by atoms with Crippen LogP contribution in [0.5, 0.6) is 0 Å². The summed E-state index contributed by atoms with van der Waals surface area (Å²) < 4.78 is 22.3. The van der Waals surface area contributed by atoms with Gasteiger partial charge in [0, 0.05) is 17.2 Å². The Labute approximate surface area is 120 Å². The predicted octanol–water partition coefficient (Wildman–Crippen LogP) is 2.35. The SMILES string of the molecule is CC(CCCl)Sc1ccc(S(N)(=O)=O)cc1[N+](=O)[O-]. The van der Waals surface area contributed by atoms with Gasteiger partial charge in [0.1, 0.15) is 0 Å².